The molecule has 1 N–H and O–H groups in total. The zero-order chi connectivity index (χ0) is 25.1. The first-order valence-corrected chi connectivity index (χ1v) is 14.0. The fourth-order valence-electron chi connectivity index (χ4n) is 5.43. The largest absolute Gasteiger partial charge is 0.369 e. The third kappa shape index (κ3) is 5.49. The van der Waals surface area contributed by atoms with Crippen LogP contribution in [0.2, 0.25) is 0 Å². The molecule has 0 aliphatic carbocycles. The number of rotatable bonds is 7. The lowest BCUT2D eigenvalue weighted by atomic mass is 9.97. The summed E-state index contributed by atoms with van der Waals surface area (Å²) in [5.74, 6) is 0.217. The standard InChI is InChI=1S/C26H37N7O2S/c1-19-6-3-8-22(20(19)2)31-16-14-30(15-17-31)13-10-27-24(35)21-7-4-11-32(18-21)25-28-29-26(36-25)33-12-5-9-23(33)34/h3,6,8,21H,4-5,7,9-18H2,1-2H3,(H,27,35)/t21-/m1/s1. The van der Waals surface area contributed by atoms with Crippen LogP contribution < -0.4 is 20.0 Å². The van der Waals surface area contributed by atoms with E-state index in [1.54, 1.807) is 4.90 Å². The van der Waals surface area contributed by atoms with Crippen molar-refractivity contribution in [2.75, 3.05) is 73.6 Å². The Balaban J connectivity index is 1.06. The van der Waals surface area contributed by atoms with Crippen molar-refractivity contribution in [2.24, 2.45) is 5.92 Å². The first-order chi connectivity index (χ1) is 17.5. The topological polar surface area (TPSA) is 84.9 Å². The van der Waals surface area contributed by atoms with Crippen molar-refractivity contribution in [1.82, 2.24) is 20.4 Å². The number of anilines is 3. The van der Waals surface area contributed by atoms with Crippen LogP contribution in [0.3, 0.4) is 0 Å². The van der Waals surface area contributed by atoms with Gasteiger partial charge in [0.05, 0.1) is 5.92 Å². The van der Waals surface area contributed by atoms with Crippen LogP contribution in [0.15, 0.2) is 18.2 Å². The van der Waals surface area contributed by atoms with Gasteiger partial charge in [-0.2, -0.15) is 0 Å². The number of hydrogen-bond acceptors (Lipinski definition) is 8. The van der Waals surface area contributed by atoms with E-state index in [-0.39, 0.29) is 17.7 Å². The first-order valence-electron chi connectivity index (χ1n) is 13.2. The monoisotopic (exact) mass is 511 g/mol. The molecule has 0 radical (unpaired) electrons. The second kappa shape index (κ2) is 11.1. The number of carbonyl (C=O) groups excluding carboxylic acids is 2. The van der Waals surface area contributed by atoms with Gasteiger partial charge < -0.3 is 15.1 Å². The number of piperazine rings is 1. The number of amides is 2. The highest BCUT2D eigenvalue weighted by atomic mass is 32.1. The third-order valence-corrected chi connectivity index (χ3v) is 8.79. The minimum atomic E-state index is -0.0411. The molecule has 10 heteroatoms. The Morgan fingerprint density at radius 1 is 1.03 bits per heavy atom. The molecular formula is C26H37N7O2S. The predicted octanol–water partition coefficient (Wildman–Crippen LogP) is 2.44. The molecule has 1 atom stereocenters. The number of nitrogens with zero attached hydrogens (tertiary/aromatic N) is 6. The molecule has 3 aliphatic rings. The van der Waals surface area contributed by atoms with E-state index in [0.717, 1.165) is 70.2 Å². The molecule has 1 aromatic heterocycles. The molecule has 0 spiro atoms. The summed E-state index contributed by atoms with van der Waals surface area (Å²) in [6, 6.07) is 6.54. The van der Waals surface area contributed by atoms with Crippen LogP contribution in [0.5, 0.6) is 0 Å². The van der Waals surface area contributed by atoms with Gasteiger partial charge >= 0.3 is 0 Å². The molecule has 2 amide bonds. The molecule has 36 heavy (non-hydrogen) atoms. The Kier molecular flexibility index (Phi) is 7.71. The normalized spacial score (nSPS) is 21.3. The van der Waals surface area contributed by atoms with Gasteiger partial charge in [-0.1, -0.05) is 23.5 Å². The summed E-state index contributed by atoms with van der Waals surface area (Å²) in [7, 11) is 0. The van der Waals surface area contributed by atoms with E-state index < -0.39 is 0 Å². The molecule has 5 rings (SSSR count). The first kappa shape index (κ1) is 25.0. The number of aryl methyl sites for hydroxylation is 1. The van der Waals surface area contributed by atoms with Crippen LogP contribution in [-0.2, 0) is 9.59 Å². The molecule has 1 aromatic carbocycles. The lowest BCUT2D eigenvalue weighted by Gasteiger charge is -2.37. The fourth-order valence-corrected chi connectivity index (χ4v) is 6.36. The maximum atomic E-state index is 12.9. The Morgan fingerprint density at radius 2 is 1.83 bits per heavy atom. The van der Waals surface area contributed by atoms with E-state index in [4.69, 9.17) is 0 Å². The van der Waals surface area contributed by atoms with Gasteiger partial charge in [0.2, 0.25) is 22.1 Å². The Hall–Kier alpha value is -2.72. The van der Waals surface area contributed by atoms with Crippen molar-refractivity contribution >= 4 is 39.1 Å². The van der Waals surface area contributed by atoms with Gasteiger partial charge in [-0.05, 0) is 50.3 Å². The van der Waals surface area contributed by atoms with Crippen molar-refractivity contribution in [2.45, 2.75) is 39.5 Å². The quantitative estimate of drug-likeness (QED) is 0.611. The van der Waals surface area contributed by atoms with E-state index in [1.807, 2.05) is 0 Å². The maximum absolute atomic E-state index is 12.9. The Bertz CT molecular complexity index is 1080. The number of aromatic nitrogens is 2. The molecule has 0 saturated carbocycles. The van der Waals surface area contributed by atoms with Crippen molar-refractivity contribution in [3.63, 3.8) is 0 Å². The zero-order valence-electron chi connectivity index (χ0n) is 21.4. The SMILES string of the molecule is Cc1cccc(N2CCN(CCNC(=O)[C@@H]3CCCN(c4nnc(N5CCCC5=O)s4)C3)CC2)c1C. The summed E-state index contributed by atoms with van der Waals surface area (Å²) in [5.41, 5.74) is 4.06. The van der Waals surface area contributed by atoms with Gasteiger partial charge in [0.25, 0.3) is 0 Å². The lowest BCUT2D eigenvalue weighted by molar-refractivity contribution is -0.125. The summed E-state index contributed by atoms with van der Waals surface area (Å²) in [4.78, 5) is 33.8. The highest BCUT2D eigenvalue weighted by Crippen LogP contribution is 2.32. The predicted molar refractivity (Wildman–Crippen MR) is 144 cm³/mol. The molecule has 3 fully saturated rings. The van der Waals surface area contributed by atoms with E-state index in [0.29, 0.717) is 24.6 Å². The van der Waals surface area contributed by atoms with Crippen LogP contribution in [0.4, 0.5) is 16.0 Å². The summed E-state index contributed by atoms with van der Waals surface area (Å²) in [6.07, 6.45) is 3.31. The molecule has 0 unspecified atom stereocenters. The van der Waals surface area contributed by atoms with Gasteiger partial charge in [-0.15, -0.1) is 10.2 Å². The highest BCUT2D eigenvalue weighted by Gasteiger charge is 2.30. The summed E-state index contributed by atoms with van der Waals surface area (Å²) in [6.45, 7) is 12.2. The van der Waals surface area contributed by atoms with E-state index in [1.165, 1.54) is 28.2 Å². The Morgan fingerprint density at radius 3 is 2.61 bits per heavy atom. The van der Waals surface area contributed by atoms with Crippen LogP contribution in [0, 0.1) is 19.8 Å². The van der Waals surface area contributed by atoms with Crippen LogP contribution in [0.1, 0.15) is 36.8 Å². The van der Waals surface area contributed by atoms with Crippen LogP contribution in [-0.4, -0.2) is 85.8 Å². The molecule has 4 heterocycles. The average molecular weight is 512 g/mol. The van der Waals surface area contributed by atoms with Crippen molar-refractivity contribution in [1.29, 1.82) is 0 Å². The fraction of sp³-hybridized carbons (Fsp3) is 0.615. The number of piperidine rings is 1. The second-order valence-corrected chi connectivity index (χ2v) is 11.1. The average Bonchev–Trinajstić information content (AvgIpc) is 3.55. The number of benzene rings is 1. The van der Waals surface area contributed by atoms with E-state index in [9.17, 15) is 9.59 Å². The number of hydrogen-bond donors (Lipinski definition) is 1. The van der Waals surface area contributed by atoms with Crippen LogP contribution >= 0.6 is 11.3 Å². The van der Waals surface area contributed by atoms with Crippen molar-refractivity contribution in [3.05, 3.63) is 29.3 Å². The van der Waals surface area contributed by atoms with E-state index >= 15 is 0 Å². The van der Waals surface area contributed by atoms with Crippen molar-refractivity contribution in [3.8, 4) is 0 Å². The second-order valence-electron chi connectivity index (χ2n) is 10.1. The minimum absolute atomic E-state index is 0.0411. The highest BCUT2D eigenvalue weighted by molar-refractivity contribution is 7.19. The molecular weight excluding hydrogens is 474 g/mol. The molecule has 3 saturated heterocycles. The third-order valence-electron chi connectivity index (χ3n) is 7.79. The smallest absolute Gasteiger partial charge is 0.228 e. The molecule has 0 bridgehead atoms. The summed E-state index contributed by atoms with van der Waals surface area (Å²) < 4.78 is 0. The van der Waals surface area contributed by atoms with Gasteiger partial charge in [0.15, 0.2) is 0 Å². The summed E-state index contributed by atoms with van der Waals surface area (Å²) in [5, 5.41) is 13.3. The van der Waals surface area contributed by atoms with Gasteiger partial charge in [0.1, 0.15) is 0 Å². The molecule has 3 aliphatic heterocycles. The minimum Gasteiger partial charge on any atom is -0.369 e. The lowest BCUT2D eigenvalue weighted by Crippen LogP contribution is -2.49. The Labute approximate surface area is 217 Å². The van der Waals surface area contributed by atoms with Crippen LogP contribution in [0.25, 0.3) is 0 Å². The van der Waals surface area contributed by atoms with Crippen molar-refractivity contribution < 1.29 is 9.59 Å². The summed E-state index contributed by atoms with van der Waals surface area (Å²) >= 11 is 1.46. The van der Waals surface area contributed by atoms with E-state index in [2.05, 4.69) is 62.3 Å². The molecule has 2 aromatic rings. The van der Waals surface area contributed by atoms with Gasteiger partial charge in [0, 0.05) is 71.0 Å². The maximum Gasteiger partial charge on any atom is 0.228 e. The van der Waals surface area contributed by atoms with Gasteiger partial charge in [-0.25, -0.2) is 0 Å². The molecule has 9 nitrogen and oxygen atoms in total. The zero-order valence-corrected chi connectivity index (χ0v) is 22.2. The number of nitrogens with one attached hydrogen (secondary N) is 1. The number of carbonyl (C=O) groups is 2. The molecule has 194 valence electrons. The van der Waals surface area contributed by atoms with Gasteiger partial charge in [-0.3, -0.25) is 19.4 Å².